The molecular formula is C14H17NO. The Kier molecular flexibility index (Phi) is 3.26. The SMILES string of the molecule is C#Cc1cc(C)cc(C(O)C2CCCC2)n1. The van der Waals surface area contributed by atoms with Crippen molar-refractivity contribution >= 4 is 0 Å². The molecule has 0 saturated heterocycles. The molecule has 0 amide bonds. The zero-order valence-corrected chi connectivity index (χ0v) is 9.61. The molecule has 1 fully saturated rings. The first-order valence-electron chi connectivity index (χ1n) is 5.84. The van der Waals surface area contributed by atoms with Gasteiger partial charge in [0.15, 0.2) is 0 Å². The third kappa shape index (κ3) is 2.25. The number of aryl methyl sites for hydroxylation is 1. The number of terminal acetylenes is 1. The van der Waals surface area contributed by atoms with Gasteiger partial charge in [-0.1, -0.05) is 18.8 Å². The van der Waals surface area contributed by atoms with Crippen LogP contribution in [0.5, 0.6) is 0 Å². The van der Waals surface area contributed by atoms with Crippen LogP contribution in [0, 0.1) is 25.2 Å². The number of pyridine rings is 1. The van der Waals surface area contributed by atoms with Gasteiger partial charge in [0.05, 0.1) is 11.8 Å². The van der Waals surface area contributed by atoms with E-state index < -0.39 is 6.10 Å². The van der Waals surface area contributed by atoms with Crippen LogP contribution in [0.25, 0.3) is 0 Å². The molecule has 2 rings (SSSR count). The van der Waals surface area contributed by atoms with Crippen molar-refractivity contribution in [3.63, 3.8) is 0 Å². The van der Waals surface area contributed by atoms with E-state index in [4.69, 9.17) is 6.42 Å². The maximum absolute atomic E-state index is 10.2. The first-order chi connectivity index (χ1) is 7.70. The number of aromatic nitrogens is 1. The predicted octanol–water partition coefficient (Wildman–Crippen LogP) is 2.59. The van der Waals surface area contributed by atoms with Gasteiger partial charge in [-0.25, -0.2) is 4.98 Å². The highest BCUT2D eigenvalue weighted by molar-refractivity contribution is 5.31. The van der Waals surface area contributed by atoms with Crippen LogP contribution in [0.4, 0.5) is 0 Å². The smallest absolute Gasteiger partial charge is 0.113 e. The second kappa shape index (κ2) is 4.67. The van der Waals surface area contributed by atoms with Crippen molar-refractivity contribution in [1.82, 2.24) is 4.98 Å². The van der Waals surface area contributed by atoms with Crippen molar-refractivity contribution in [2.45, 2.75) is 38.7 Å². The number of hydrogen-bond donors (Lipinski definition) is 1. The van der Waals surface area contributed by atoms with Gasteiger partial charge in [-0.3, -0.25) is 0 Å². The minimum absolute atomic E-state index is 0.361. The summed E-state index contributed by atoms with van der Waals surface area (Å²) in [5.74, 6) is 2.89. The van der Waals surface area contributed by atoms with Crippen molar-refractivity contribution in [2.75, 3.05) is 0 Å². The molecule has 1 heterocycles. The van der Waals surface area contributed by atoms with Gasteiger partial charge in [-0.05, 0) is 43.4 Å². The van der Waals surface area contributed by atoms with E-state index in [1.54, 1.807) is 0 Å². The molecule has 1 aromatic rings. The third-order valence-corrected chi connectivity index (χ3v) is 3.29. The fourth-order valence-electron chi connectivity index (χ4n) is 2.43. The Morgan fingerprint density at radius 2 is 2.12 bits per heavy atom. The number of rotatable bonds is 2. The molecule has 0 bridgehead atoms. The Morgan fingerprint density at radius 3 is 2.75 bits per heavy atom. The topological polar surface area (TPSA) is 33.1 Å². The van der Waals surface area contributed by atoms with E-state index in [1.807, 2.05) is 19.1 Å². The molecule has 1 aliphatic rings. The molecule has 16 heavy (non-hydrogen) atoms. The molecule has 1 aromatic heterocycles. The summed E-state index contributed by atoms with van der Waals surface area (Å²) >= 11 is 0. The molecule has 2 heteroatoms. The molecule has 0 spiro atoms. The van der Waals surface area contributed by atoms with Crippen molar-refractivity contribution in [3.8, 4) is 12.3 Å². The second-order valence-corrected chi connectivity index (χ2v) is 4.59. The summed E-state index contributed by atoms with van der Waals surface area (Å²) in [6.45, 7) is 1.98. The molecule has 1 N–H and O–H groups in total. The van der Waals surface area contributed by atoms with Crippen LogP contribution in [0.1, 0.15) is 48.7 Å². The molecule has 0 aliphatic heterocycles. The van der Waals surface area contributed by atoms with Crippen molar-refractivity contribution in [3.05, 3.63) is 29.1 Å². The Bertz CT molecular complexity index is 413. The van der Waals surface area contributed by atoms with E-state index in [0.29, 0.717) is 11.6 Å². The Labute approximate surface area is 96.7 Å². The Balaban J connectivity index is 2.25. The summed E-state index contributed by atoms with van der Waals surface area (Å²) in [6, 6.07) is 3.80. The Morgan fingerprint density at radius 1 is 1.44 bits per heavy atom. The van der Waals surface area contributed by atoms with Gasteiger partial charge < -0.3 is 5.11 Å². The first-order valence-corrected chi connectivity index (χ1v) is 5.84. The molecule has 0 radical (unpaired) electrons. The van der Waals surface area contributed by atoms with Crippen LogP contribution < -0.4 is 0 Å². The van der Waals surface area contributed by atoms with Gasteiger partial charge >= 0.3 is 0 Å². The summed E-state index contributed by atoms with van der Waals surface area (Å²) in [7, 11) is 0. The maximum atomic E-state index is 10.2. The fourth-order valence-corrected chi connectivity index (χ4v) is 2.43. The molecule has 2 nitrogen and oxygen atoms in total. The Hall–Kier alpha value is -1.33. The second-order valence-electron chi connectivity index (χ2n) is 4.59. The lowest BCUT2D eigenvalue weighted by Crippen LogP contribution is -2.11. The van der Waals surface area contributed by atoms with Crippen LogP contribution in [0.2, 0.25) is 0 Å². The van der Waals surface area contributed by atoms with E-state index in [-0.39, 0.29) is 0 Å². The van der Waals surface area contributed by atoms with Gasteiger partial charge in [0, 0.05) is 0 Å². The lowest BCUT2D eigenvalue weighted by atomic mass is 9.97. The predicted molar refractivity (Wildman–Crippen MR) is 63.8 cm³/mol. The first kappa shape index (κ1) is 11.2. The van der Waals surface area contributed by atoms with Crippen LogP contribution in [-0.4, -0.2) is 10.1 Å². The lowest BCUT2D eigenvalue weighted by Gasteiger charge is -2.17. The minimum atomic E-state index is -0.450. The van der Waals surface area contributed by atoms with Gasteiger partial charge in [0.1, 0.15) is 5.69 Å². The normalized spacial score (nSPS) is 18.3. The molecule has 1 atom stereocenters. The fraction of sp³-hybridized carbons (Fsp3) is 0.500. The van der Waals surface area contributed by atoms with Gasteiger partial charge in [-0.2, -0.15) is 0 Å². The highest BCUT2D eigenvalue weighted by atomic mass is 16.3. The molecule has 1 unspecified atom stereocenters. The maximum Gasteiger partial charge on any atom is 0.113 e. The zero-order valence-electron chi connectivity index (χ0n) is 9.61. The van der Waals surface area contributed by atoms with E-state index in [2.05, 4.69) is 10.9 Å². The summed E-state index contributed by atoms with van der Waals surface area (Å²) in [4.78, 5) is 4.31. The van der Waals surface area contributed by atoms with E-state index >= 15 is 0 Å². The number of aliphatic hydroxyl groups excluding tert-OH is 1. The summed E-state index contributed by atoms with van der Waals surface area (Å²) in [5, 5.41) is 10.2. The third-order valence-electron chi connectivity index (χ3n) is 3.29. The van der Waals surface area contributed by atoms with Gasteiger partial charge in [-0.15, -0.1) is 6.42 Å². The van der Waals surface area contributed by atoms with Crippen LogP contribution >= 0.6 is 0 Å². The largest absolute Gasteiger partial charge is 0.387 e. The zero-order chi connectivity index (χ0) is 11.5. The average Bonchev–Trinajstić information content (AvgIpc) is 2.80. The van der Waals surface area contributed by atoms with Crippen molar-refractivity contribution < 1.29 is 5.11 Å². The lowest BCUT2D eigenvalue weighted by molar-refractivity contribution is 0.107. The monoisotopic (exact) mass is 215 g/mol. The standard InChI is InChI=1S/C14H17NO/c1-3-12-8-10(2)9-13(15-12)14(16)11-6-4-5-7-11/h1,8-9,11,14,16H,4-7H2,2H3. The van der Waals surface area contributed by atoms with Gasteiger partial charge in [0.25, 0.3) is 0 Å². The van der Waals surface area contributed by atoms with Crippen molar-refractivity contribution in [1.29, 1.82) is 0 Å². The molecule has 84 valence electrons. The van der Waals surface area contributed by atoms with E-state index in [9.17, 15) is 5.11 Å². The molecule has 1 saturated carbocycles. The molecule has 1 aliphatic carbocycles. The summed E-state index contributed by atoms with van der Waals surface area (Å²) in [6.07, 6.45) is 9.53. The van der Waals surface area contributed by atoms with Crippen molar-refractivity contribution in [2.24, 2.45) is 5.92 Å². The average molecular weight is 215 g/mol. The van der Waals surface area contributed by atoms with E-state index in [0.717, 1.165) is 24.1 Å². The van der Waals surface area contributed by atoms with Crippen LogP contribution in [-0.2, 0) is 0 Å². The summed E-state index contributed by atoms with van der Waals surface area (Å²) < 4.78 is 0. The molecule has 0 aromatic carbocycles. The highest BCUT2D eigenvalue weighted by Crippen LogP contribution is 2.35. The van der Waals surface area contributed by atoms with Gasteiger partial charge in [0.2, 0.25) is 0 Å². The van der Waals surface area contributed by atoms with Crippen LogP contribution in [0.3, 0.4) is 0 Å². The molecular weight excluding hydrogens is 198 g/mol. The number of aliphatic hydroxyl groups is 1. The van der Waals surface area contributed by atoms with E-state index in [1.165, 1.54) is 12.8 Å². The minimum Gasteiger partial charge on any atom is -0.387 e. The van der Waals surface area contributed by atoms with Crippen LogP contribution in [0.15, 0.2) is 12.1 Å². The quantitative estimate of drug-likeness (QED) is 0.769. The highest BCUT2D eigenvalue weighted by Gasteiger charge is 2.25. The number of hydrogen-bond acceptors (Lipinski definition) is 2. The summed E-state index contributed by atoms with van der Waals surface area (Å²) in [5.41, 5.74) is 2.42. The number of nitrogens with zero attached hydrogens (tertiary/aromatic N) is 1.